The summed E-state index contributed by atoms with van der Waals surface area (Å²) in [6, 6.07) is 20.5. The van der Waals surface area contributed by atoms with Crippen molar-refractivity contribution in [1.29, 1.82) is 0 Å². The van der Waals surface area contributed by atoms with Crippen LogP contribution in [-0.2, 0) is 9.53 Å². The molecule has 0 saturated carbocycles. The molecule has 0 fully saturated rings. The van der Waals surface area contributed by atoms with E-state index in [-0.39, 0.29) is 18.3 Å². The molecule has 24 heavy (non-hydrogen) atoms. The summed E-state index contributed by atoms with van der Waals surface area (Å²) in [5.74, 6) is -0.0843. The highest BCUT2D eigenvalue weighted by molar-refractivity contribution is 5.89. The first-order chi connectivity index (χ1) is 11.7. The lowest BCUT2D eigenvalue weighted by molar-refractivity contribution is -0.125. The van der Waals surface area contributed by atoms with Crippen molar-refractivity contribution in [3.05, 3.63) is 77.9 Å². The van der Waals surface area contributed by atoms with Gasteiger partial charge in [-0.1, -0.05) is 60.7 Å². The Morgan fingerprint density at radius 2 is 1.75 bits per heavy atom. The number of amides is 1. The molecule has 0 aliphatic rings. The fourth-order valence-electron chi connectivity index (χ4n) is 2.89. The molecular formula is C20H19NO3. The van der Waals surface area contributed by atoms with Crippen LogP contribution in [0.1, 0.15) is 17.2 Å². The quantitative estimate of drug-likeness (QED) is 0.757. The number of fused-ring (bicyclic) bond motifs is 1. The van der Waals surface area contributed by atoms with Gasteiger partial charge in [-0.25, -0.2) is 0 Å². The highest BCUT2D eigenvalue weighted by Crippen LogP contribution is 2.35. The molecule has 4 heteroatoms. The van der Waals surface area contributed by atoms with Gasteiger partial charge in [0.15, 0.2) is 0 Å². The van der Waals surface area contributed by atoms with Crippen molar-refractivity contribution in [2.45, 2.75) is 6.04 Å². The maximum Gasteiger partial charge on any atom is 0.246 e. The minimum atomic E-state index is -0.458. The fourth-order valence-corrected chi connectivity index (χ4v) is 2.89. The Hall–Kier alpha value is -2.85. The van der Waals surface area contributed by atoms with E-state index in [1.165, 1.54) is 7.11 Å². The Morgan fingerprint density at radius 1 is 1.04 bits per heavy atom. The van der Waals surface area contributed by atoms with Crippen LogP contribution in [0.25, 0.3) is 10.8 Å². The van der Waals surface area contributed by atoms with Crippen LogP contribution in [-0.4, -0.2) is 24.7 Å². The molecule has 122 valence electrons. The largest absolute Gasteiger partial charge is 0.508 e. The van der Waals surface area contributed by atoms with Gasteiger partial charge in [0.2, 0.25) is 5.91 Å². The molecule has 2 N–H and O–H groups in total. The van der Waals surface area contributed by atoms with E-state index in [1.807, 2.05) is 60.7 Å². The van der Waals surface area contributed by atoms with Crippen LogP contribution >= 0.6 is 0 Å². The first-order valence-electron chi connectivity index (χ1n) is 7.74. The molecular weight excluding hydrogens is 302 g/mol. The van der Waals surface area contributed by atoms with E-state index in [0.717, 1.165) is 16.3 Å². The van der Waals surface area contributed by atoms with Crippen LogP contribution in [0, 0.1) is 0 Å². The second-order valence-electron chi connectivity index (χ2n) is 5.56. The number of rotatable bonds is 5. The third kappa shape index (κ3) is 3.24. The van der Waals surface area contributed by atoms with Gasteiger partial charge in [-0.15, -0.1) is 0 Å². The van der Waals surface area contributed by atoms with Gasteiger partial charge in [-0.3, -0.25) is 4.79 Å². The van der Waals surface area contributed by atoms with E-state index in [9.17, 15) is 9.90 Å². The van der Waals surface area contributed by atoms with Gasteiger partial charge in [0, 0.05) is 12.7 Å². The summed E-state index contributed by atoms with van der Waals surface area (Å²) in [5.41, 5.74) is 1.58. The molecule has 0 spiro atoms. The number of hydrogen-bond donors (Lipinski definition) is 2. The van der Waals surface area contributed by atoms with Crippen LogP contribution < -0.4 is 5.32 Å². The topological polar surface area (TPSA) is 58.6 Å². The summed E-state index contributed by atoms with van der Waals surface area (Å²) in [6.45, 7) is -0.0329. The Bertz CT molecular complexity index is 846. The van der Waals surface area contributed by atoms with Gasteiger partial charge in [0.1, 0.15) is 12.4 Å². The molecule has 0 aromatic heterocycles. The molecule has 4 nitrogen and oxygen atoms in total. The Morgan fingerprint density at radius 3 is 2.50 bits per heavy atom. The number of hydrogen-bond acceptors (Lipinski definition) is 3. The lowest BCUT2D eigenvalue weighted by Crippen LogP contribution is -2.32. The number of nitrogens with one attached hydrogen (secondary N) is 1. The Labute approximate surface area is 140 Å². The van der Waals surface area contributed by atoms with E-state index >= 15 is 0 Å². The molecule has 0 aliphatic carbocycles. The Balaban J connectivity index is 2.15. The Kier molecular flexibility index (Phi) is 4.77. The van der Waals surface area contributed by atoms with E-state index in [2.05, 4.69) is 5.32 Å². The summed E-state index contributed by atoms with van der Waals surface area (Å²) in [5, 5.41) is 15.4. The van der Waals surface area contributed by atoms with Crippen molar-refractivity contribution in [2.75, 3.05) is 13.7 Å². The van der Waals surface area contributed by atoms with E-state index < -0.39 is 6.04 Å². The lowest BCUT2D eigenvalue weighted by Gasteiger charge is -2.22. The number of carbonyl (C=O) groups is 1. The standard InChI is InChI=1S/C20H19NO3/c1-24-13-18(23)21-20(15-8-3-2-4-9-15)19-16-10-6-5-7-14(16)11-12-17(19)22/h2-12,20,22H,13H2,1H3,(H,21,23). The number of phenols is 1. The predicted octanol–water partition coefficient (Wildman–Crippen LogP) is 3.40. The van der Waals surface area contributed by atoms with Gasteiger partial charge in [-0.05, 0) is 22.4 Å². The molecule has 3 aromatic carbocycles. The maximum atomic E-state index is 12.1. The van der Waals surface area contributed by atoms with Crippen LogP contribution in [0.3, 0.4) is 0 Å². The van der Waals surface area contributed by atoms with E-state index in [0.29, 0.717) is 5.56 Å². The number of aromatic hydroxyl groups is 1. The predicted molar refractivity (Wildman–Crippen MR) is 93.9 cm³/mol. The molecule has 1 amide bonds. The number of methoxy groups -OCH3 is 1. The van der Waals surface area contributed by atoms with Gasteiger partial charge in [0.25, 0.3) is 0 Å². The number of benzene rings is 3. The highest BCUT2D eigenvalue weighted by atomic mass is 16.5. The highest BCUT2D eigenvalue weighted by Gasteiger charge is 2.22. The van der Waals surface area contributed by atoms with Crippen molar-refractivity contribution >= 4 is 16.7 Å². The van der Waals surface area contributed by atoms with Crippen LogP contribution in [0.2, 0.25) is 0 Å². The van der Waals surface area contributed by atoms with Crippen LogP contribution in [0.4, 0.5) is 0 Å². The fraction of sp³-hybridized carbons (Fsp3) is 0.150. The molecule has 1 unspecified atom stereocenters. The molecule has 0 aliphatic heterocycles. The van der Waals surface area contributed by atoms with Gasteiger partial charge in [0.05, 0.1) is 6.04 Å². The summed E-state index contributed by atoms with van der Waals surface area (Å²) < 4.78 is 4.92. The first-order valence-corrected chi connectivity index (χ1v) is 7.74. The van der Waals surface area contributed by atoms with Crippen LogP contribution in [0.5, 0.6) is 5.75 Å². The first kappa shape index (κ1) is 16.0. The minimum Gasteiger partial charge on any atom is -0.508 e. The molecule has 1 atom stereocenters. The maximum absolute atomic E-state index is 12.1. The molecule has 0 radical (unpaired) electrons. The zero-order valence-electron chi connectivity index (χ0n) is 13.4. The third-order valence-corrected chi connectivity index (χ3v) is 3.95. The molecule has 3 aromatic rings. The minimum absolute atomic E-state index is 0.0329. The van der Waals surface area contributed by atoms with Crippen LogP contribution in [0.15, 0.2) is 66.7 Å². The molecule has 3 rings (SSSR count). The number of ether oxygens (including phenoxy) is 1. The van der Waals surface area contributed by atoms with Crippen molar-refractivity contribution in [1.82, 2.24) is 5.32 Å². The van der Waals surface area contributed by atoms with Crippen molar-refractivity contribution < 1.29 is 14.6 Å². The van der Waals surface area contributed by atoms with Crippen molar-refractivity contribution in [3.63, 3.8) is 0 Å². The second-order valence-corrected chi connectivity index (χ2v) is 5.56. The van der Waals surface area contributed by atoms with Crippen molar-refractivity contribution in [3.8, 4) is 5.75 Å². The zero-order chi connectivity index (χ0) is 16.9. The van der Waals surface area contributed by atoms with Crippen molar-refractivity contribution in [2.24, 2.45) is 0 Å². The second kappa shape index (κ2) is 7.15. The SMILES string of the molecule is COCC(=O)NC(c1ccccc1)c1c(O)ccc2ccccc12. The molecule has 0 heterocycles. The lowest BCUT2D eigenvalue weighted by atomic mass is 9.92. The number of carbonyl (C=O) groups excluding carboxylic acids is 1. The zero-order valence-corrected chi connectivity index (χ0v) is 13.4. The monoisotopic (exact) mass is 321 g/mol. The van der Waals surface area contributed by atoms with E-state index in [1.54, 1.807) is 6.07 Å². The summed E-state index contributed by atoms with van der Waals surface area (Å²) in [4.78, 5) is 12.1. The average molecular weight is 321 g/mol. The number of phenolic OH excluding ortho intramolecular Hbond substituents is 1. The summed E-state index contributed by atoms with van der Waals surface area (Å²) in [6.07, 6.45) is 0. The normalized spacial score (nSPS) is 12.0. The van der Waals surface area contributed by atoms with Gasteiger partial charge >= 0.3 is 0 Å². The molecule has 0 bridgehead atoms. The summed E-state index contributed by atoms with van der Waals surface area (Å²) in [7, 11) is 1.48. The average Bonchev–Trinajstić information content (AvgIpc) is 2.61. The molecule has 0 saturated heterocycles. The van der Waals surface area contributed by atoms with Gasteiger partial charge < -0.3 is 15.2 Å². The van der Waals surface area contributed by atoms with Gasteiger partial charge in [-0.2, -0.15) is 0 Å². The third-order valence-electron chi connectivity index (χ3n) is 3.95. The smallest absolute Gasteiger partial charge is 0.246 e. The van der Waals surface area contributed by atoms with E-state index in [4.69, 9.17) is 4.74 Å². The summed E-state index contributed by atoms with van der Waals surface area (Å²) >= 11 is 0.